The molecule has 1 unspecified atom stereocenters. The van der Waals surface area contributed by atoms with Gasteiger partial charge in [-0.2, -0.15) is 9.29 Å². The second-order valence-electron chi connectivity index (χ2n) is 5.25. The van der Waals surface area contributed by atoms with E-state index in [-0.39, 0.29) is 10.8 Å². The van der Waals surface area contributed by atoms with E-state index in [1.807, 2.05) is 5.38 Å². The fourth-order valence-electron chi connectivity index (χ4n) is 2.81. The van der Waals surface area contributed by atoms with Crippen LogP contribution < -0.4 is 11.3 Å². The summed E-state index contributed by atoms with van der Waals surface area (Å²) in [5.41, 5.74) is 2.41. The number of sulfonamides is 1. The molecule has 116 valence electrons. The van der Waals surface area contributed by atoms with Crippen LogP contribution in [0.25, 0.3) is 4.96 Å². The van der Waals surface area contributed by atoms with Crippen molar-refractivity contribution in [3.05, 3.63) is 11.6 Å². The first-order valence-electron chi connectivity index (χ1n) is 7.00. The zero-order chi connectivity index (χ0) is 15.0. The molecular formula is C12H19N5O2S2. The third-order valence-corrected chi connectivity index (χ3v) is 6.65. The van der Waals surface area contributed by atoms with Crippen molar-refractivity contribution in [2.45, 2.75) is 31.2 Å². The number of aromatic nitrogens is 2. The minimum atomic E-state index is -3.60. The van der Waals surface area contributed by atoms with E-state index in [1.165, 1.54) is 11.3 Å². The summed E-state index contributed by atoms with van der Waals surface area (Å²) in [5.74, 6) is 6.08. The summed E-state index contributed by atoms with van der Waals surface area (Å²) in [5, 5.41) is 1.95. The van der Waals surface area contributed by atoms with Crippen LogP contribution in [0.3, 0.4) is 0 Å². The van der Waals surface area contributed by atoms with Gasteiger partial charge in [0.25, 0.3) is 10.0 Å². The molecule has 2 aromatic heterocycles. The molecule has 1 saturated heterocycles. The molecular weight excluding hydrogens is 310 g/mol. The molecule has 0 aromatic carbocycles. The second-order valence-corrected chi connectivity index (χ2v) is 7.97. The van der Waals surface area contributed by atoms with Gasteiger partial charge in [0.15, 0.2) is 10.8 Å². The number of rotatable bonds is 4. The van der Waals surface area contributed by atoms with Crippen LogP contribution in [-0.4, -0.2) is 35.2 Å². The fraction of sp³-hybridized carbons (Fsp3) is 0.583. The molecule has 2 aromatic rings. The molecule has 0 radical (unpaired) electrons. The van der Waals surface area contributed by atoms with Crippen LogP contribution in [0.5, 0.6) is 0 Å². The van der Waals surface area contributed by atoms with Crippen LogP contribution in [-0.2, 0) is 10.0 Å². The van der Waals surface area contributed by atoms with Crippen LogP contribution in [0.2, 0.25) is 0 Å². The van der Waals surface area contributed by atoms with Crippen molar-refractivity contribution in [1.29, 1.82) is 0 Å². The van der Waals surface area contributed by atoms with Crippen molar-refractivity contribution in [1.82, 2.24) is 13.7 Å². The number of hydrogen-bond acceptors (Lipinski definition) is 6. The van der Waals surface area contributed by atoms with E-state index >= 15 is 0 Å². The zero-order valence-corrected chi connectivity index (χ0v) is 13.5. The molecule has 3 heterocycles. The lowest BCUT2D eigenvalue weighted by molar-refractivity contribution is 0.261. The van der Waals surface area contributed by atoms with Crippen LogP contribution in [0.15, 0.2) is 16.6 Å². The summed E-state index contributed by atoms with van der Waals surface area (Å²) >= 11 is 1.38. The quantitative estimate of drug-likeness (QED) is 0.655. The molecule has 21 heavy (non-hydrogen) atoms. The maximum atomic E-state index is 13.0. The Morgan fingerprint density at radius 3 is 3.10 bits per heavy atom. The standard InChI is InChI=1S/C12H19N5O2S2/c1-2-9-4-3-5-16(8-9)21(18,19)11-10(15-13)14-12-17(11)6-7-20-12/h6-7,9,15H,2-5,8,13H2,1H3. The van der Waals surface area contributed by atoms with Crippen LogP contribution in [0.4, 0.5) is 5.82 Å². The monoisotopic (exact) mass is 329 g/mol. The Morgan fingerprint density at radius 1 is 1.57 bits per heavy atom. The summed E-state index contributed by atoms with van der Waals surface area (Å²) in [6, 6.07) is 0. The highest BCUT2D eigenvalue weighted by molar-refractivity contribution is 7.89. The number of fused-ring (bicyclic) bond motifs is 1. The summed E-state index contributed by atoms with van der Waals surface area (Å²) in [4.78, 5) is 4.85. The zero-order valence-electron chi connectivity index (χ0n) is 11.8. The Morgan fingerprint density at radius 2 is 2.38 bits per heavy atom. The van der Waals surface area contributed by atoms with Gasteiger partial charge in [0.2, 0.25) is 5.03 Å². The topological polar surface area (TPSA) is 92.7 Å². The Labute approximate surface area is 127 Å². The molecule has 0 amide bonds. The number of thiazole rings is 1. The van der Waals surface area contributed by atoms with Gasteiger partial charge in [0.1, 0.15) is 0 Å². The Hall–Kier alpha value is -1.16. The summed E-state index contributed by atoms with van der Waals surface area (Å²) in [7, 11) is -3.60. The lowest BCUT2D eigenvalue weighted by Gasteiger charge is -2.31. The van der Waals surface area contributed by atoms with Crippen molar-refractivity contribution < 1.29 is 8.42 Å². The van der Waals surface area contributed by atoms with Gasteiger partial charge in [-0.3, -0.25) is 4.40 Å². The van der Waals surface area contributed by atoms with E-state index in [0.717, 1.165) is 19.3 Å². The first-order chi connectivity index (χ1) is 10.1. The lowest BCUT2D eigenvalue weighted by atomic mass is 9.97. The third-order valence-electron chi connectivity index (χ3n) is 4.00. The molecule has 1 fully saturated rings. The van der Waals surface area contributed by atoms with Gasteiger partial charge in [0, 0.05) is 24.7 Å². The normalized spacial score (nSPS) is 21.0. The van der Waals surface area contributed by atoms with Gasteiger partial charge in [-0.05, 0) is 18.8 Å². The van der Waals surface area contributed by atoms with Gasteiger partial charge < -0.3 is 5.43 Å². The highest BCUT2D eigenvalue weighted by Crippen LogP contribution is 2.30. The molecule has 1 aliphatic rings. The molecule has 0 bridgehead atoms. The smallest absolute Gasteiger partial charge is 0.262 e. The molecule has 3 rings (SSSR count). The number of anilines is 1. The highest BCUT2D eigenvalue weighted by Gasteiger charge is 2.34. The molecule has 1 aliphatic heterocycles. The number of nitrogens with one attached hydrogen (secondary N) is 1. The maximum absolute atomic E-state index is 13.0. The van der Waals surface area contributed by atoms with Crippen LogP contribution in [0.1, 0.15) is 26.2 Å². The number of nitrogen functional groups attached to an aromatic ring is 1. The molecule has 0 aliphatic carbocycles. The van der Waals surface area contributed by atoms with E-state index in [2.05, 4.69) is 17.3 Å². The minimum Gasteiger partial charge on any atom is -0.306 e. The minimum absolute atomic E-state index is 0.137. The predicted molar refractivity (Wildman–Crippen MR) is 82.7 cm³/mol. The molecule has 1 atom stereocenters. The van der Waals surface area contributed by atoms with Gasteiger partial charge in [-0.15, -0.1) is 11.3 Å². The largest absolute Gasteiger partial charge is 0.306 e. The average molecular weight is 329 g/mol. The maximum Gasteiger partial charge on any atom is 0.262 e. The first-order valence-corrected chi connectivity index (χ1v) is 9.32. The van der Waals surface area contributed by atoms with E-state index in [4.69, 9.17) is 5.84 Å². The van der Waals surface area contributed by atoms with Crippen LogP contribution >= 0.6 is 11.3 Å². The Balaban J connectivity index is 2.05. The summed E-state index contributed by atoms with van der Waals surface area (Å²) in [6.07, 6.45) is 4.69. The number of hydrazine groups is 1. The van der Waals surface area contributed by atoms with Gasteiger partial charge >= 0.3 is 0 Å². The number of nitrogens with two attached hydrogens (primary N) is 1. The predicted octanol–water partition coefficient (Wildman–Crippen LogP) is 1.49. The van der Waals surface area contributed by atoms with Crippen molar-refractivity contribution in [3.63, 3.8) is 0 Å². The average Bonchev–Trinajstić information content (AvgIpc) is 3.06. The number of piperidine rings is 1. The van der Waals surface area contributed by atoms with Gasteiger partial charge in [-0.1, -0.05) is 13.3 Å². The SMILES string of the molecule is CCC1CCCN(S(=O)(=O)c2c(NN)nc3sccn23)C1. The Kier molecular flexibility index (Phi) is 3.91. The van der Waals surface area contributed by atoms with Crippen molar-refractivity contribution in [2.75, 3.05) is 18.5 Å². The molecule has 7 nitrogen and oxygen atoms in total. The summed E-state index contributed by atoms with van der Waals surface area (Å²) < 4.78 is 29.1. The van der Waals surface area contributed by atoms with E-state index < -0.39 is 10.0 Å². The number of imidazole rings is 1. The molecule has 0 saturated carbocycles. The van der Waals surface area contributed by atoms with Crippen molar-refractivity contribution in [2.24, 2.45) is 11.8 Å². The fourth-order valence-corrected chi connectivity index (χ4v) is 5.34. The first kappa shape index (κ1) is 14.8. The highest BCUT2D eigenvalue weighted by atomic mass is 32.2. The van der Waals surface area contributed by atoms with Crippen molar-refractivity contribution >= 4 is 32.1 Å². The molecule has 0 spiro atoms. The summed E-state index contributed by atoms with van der Waals surface area (Å²) in [6.45, 7) is 3.23. The third kappa shape index (κ3) is 2.44. The van der Waals surface area contributed by atoms with E-state index in [1.54, 1.807) is 14.9 Å². The lowest BCUT2D eigenvalue weighted by Crippen LogP contribution is -2.40. The van der Waals surface area contributed by atoms with Crippen LogP contribution in [0, 0.1) is 5.92 Å². The van der Waals surface area contributed by atoms with Gasteiger partial charge in [0.05, 0.1) is 0 Å². The van der Waals surface area contributed by atoms with Gasteiger partial charge in [-0.25, -0.2) is 14.3 Å². The van der Waals surface area contributed by atoms with E-state index in [0.29, 0.717) is 24.0 Å². The number of nitrogens with zero attached hydrogens (tertiary/aromatic N) is 3. The van der Waals surface area contributed by atoms with Crippen molar-refractivity contribution in [3.8, 4) is 0 Å². The Bertz CT molecular complexity index is 736. The number of hydrogen-bond donors (Lipinski definition) is 2. The van der Waals surface area contributed by atoms with E-state index in [9.17, 15) is 8.42 Å². The second kappa shape index (κ2) is 5.56. The molecule has 9 heteroatoms. The molecule has 3 N–H and O–H groups in total.